The second-order valence-electron chi connectivity index (χ2n) is 5.27. The number of nitrogens with zero attached hydrogens (tertiary/aromatic N) is 1. The Balaban J connectivity index is 1.90. The van der Waals surface area contributed by atoms with Crippen LogP contribution in [0.2, 0.25) is 0 Å². The standard InChI is InChI=1S/C14H16F3NO2/c1-9-6-11(15)7-10-8-14(16,17)18(13(9)10)20-12-4-2-3-5-19-12/h6-7,12H,2-5,8H2,1H3. The van der Waals surface area contributed by atoms with E-state index in [-0.39, 0.29) is 11.3 Å². The average molecular weight is 287 g/mol. The van der Waals surface area contributed by atoms with Gasteiger partial charge in [0, 0.05) is 13.0 Å². The average Bonchev–Trinajstić information content (AvgIpc) is 2.61. The molecular weight excluding hydrogens is 271 g/mol. The van der Waals surface area contributed by atoms with Crippen molar-refractivity contribution in [2.75, 3.05) is 11.7 Å². The summed E-state index contributed by atoms with van der Waals surface area (Å²) >= 11 is 0. The van der Waals surface area contributed by atoms with Crippen LogP contribution in [-0.2, 0) is 16.0 Å². The van der Waals surface area contributed by atoms with Crippen LogP contribution in [0.4, 0.5) is 18.9 Å². The number of anilines is 1. The van der Waals surface area contributed by atoms with Crippen LogP contribution in [0.25, 0.3) is 0 Å². The van der Waals surface area contributed by atoms with Crippen LogP contribution < -0.4 is 5.06 Å². The van der Waals surface area contributed by atoms with Gasteiger partial charge >= 0.3 is 6.05 Å². The molecule has 0 amide bonds. The normalized spacial score (nSPS) is 24.8. The van der Waals surface area contributed by atoms with Crippen molar-refractivity contribution >= 4 is 5.69 Å². The SMILES string of the molecule is Cc1cc(F)cc2c1N(OC1CCCCO1)C(F)(F)C2. The van der Waals surface area contributed by atoms with Crippen molar-refractivity contribution in [1.29, 1.82) is 0 Å². The molecule has 3 rings (SSSR count). The molecular formula is C14H16F3NO2. The van der Waals surface area contributed by atoms with Gasteiger partial charge in [0.05, 0.1) is 12.1 Å². The molecule has 2 aliphatic heterocycles. The summed E-state index contributed by atoms with van der Waals surface area (Å²) in [6.45, 7) is 2.11. The molecule has 2 aliphatic rings. The Morgan fingerprint density at radius 3 is 2.85 bits per heavy atom. The monoisotopic (exact) mass is 287 g/mol. The molecule has 0 aromatic heterocycles. The van der Waals surface area contributed by atoms with Gasteiger partial charge in [-0.1, -0.05) is 0 Å². The van der Waals surface area contributed by atoms with Gasteiger partial charge in [0.2, 0.25) is 0 Å². The fourth-order valence-corrected chi connectivity index (χ4v) is 2.74. The van der Waals surface area contributed by atoms with Crippen molar-refractivity contribution in [2.24, 2.45) is 0 Å². The fourth-order valence-electron chi connectivity index (χ4n) is 2.74. The van der Waals surface area contributed by atoms with Crippen LogP contribution in [0, 0.1) is 12.7 Å². The summed E-state index contributed by atoms with van der Waals surface area (Å²) in [6, 6.07) is -0.804. The molecule has 110 valence electrons. The van der Waals surface area contributed by atoms with Gasteiger partial charge in [-0.05, 0) is 43.0 Å². The predicted molar refractivity (Wildman–Crippen MR) is 66.9 cm³/mol. The number of benzene rings is 1. The largest absolute Gasteiger partial charge is 0.351 e. The highest BCUT2D eigenvalue weighted by Gasteiger charge is 2.48. The number of fused-ring (bicyclic) bond motifs is 1. The molecule has 0 saturated carbocycles. The molecule has 20 heavy (non-hydrogen) atoms. The van der Waals surface area contributed by atoms with E-state index in [2.05, 4.69) is 0 Å². The number of rotatable bonds is 2. The summed E-state index contributed by atoms with van der Waals surface area (Å²) < 4.78 is 46.9. The number of hydrogen-bond acceptors (Lipinski definition) is 3. The molecule has 1 atom stereocenters. The smallest absolute Gasteiger partial charge is 0.350 e. The van der Waals surface area contributed by atoms with E-state index in [0.29, 0.717) is 23.7 Å². The minimum atomic E-state index is -3.18. The highest BCUT2D eigenvalue weighted by Crippen LogP contribution is 2.44. The molecule has 6 heteroatoms. The maximum Gasteiger partial charge on any atom is 0.351 e. The maximum absolute atomic E-state index is 14.1. The molecule has 0 radical (unpaired) electrons. The molecule has 1 aromatic carbocycles. The van der Waals surface area contributed by atoms with Crippen molar-refractivity contribution < 1.29 is 22.7 Å². The molecule has 1 fully saturated rings. The summed E-state index contributed by atoms with van der Waals surface area (Å²) in [5, 5.41) is 0.604. The molecule has 1 aromatic rings. The Morgan fingerprint density at radius 2 is 2.15 bits per heavy atom. The Bertz CT molecular complexity index is 515. The van der Waals surface area contributed by atoms with E-state index in [0.717, 1.165) is 18.9 Å². The van der Waals surface area contributed by atoms with Crippen LogP contribution in [0.15, 0.2) is 12.1 Å². The lowest BCUT2D eigenvalue weighted by Crippen LogP contribution is -2.43. The van der Waals surface area contributed by atoms with Gasteiger partial charge in [0.1, 0.15) is 5.82 Å². The molecule has 0 aliphatic carbocycles. The van der Waals surface area contributed by atoms with Gasteiger partial charge in [-0.15, -0.1) is 0 Å². The molecule has 2 heterocycles. The molecule has 0 bridgehead atoms. The van der Waals surface area contributed by atoms with Crippen LogP contribution in [0.1, 0.15) is 30.4 Å². The quantitative estimate of drug-likeness (QED) is 0.776. The van der Waals surface area contributed by atoms with Crippen molar-refractivity contribution in [3.63, 3.8) is 0 Å². The molecule has 0 N–H and O–H groups in total. The minimum absolute atomic E-state index is 0.255. The third-order valence-corrected chi connectivity index (χ3v) is 3.61. The first-order chi connectivity index (χ1) is 9.47. The maximum atomic E-state index is 14.1. The van der Waals surface area contributed by atoms with Crippen LogP contribution in [0.3, 0.4) is 0 Å². The van der Waals surface area contributed by atoms with Crippen molar-refractivity contribution in [2.45, 2.75) is 44.9 Å². The van der Waals surface area contributed by atoms with Gasteiger partial charge in [-0.3, -0.25) is 0 Å². The van der Waals surface area contributed by atoms with E-state index in [4.69, 9.17) is 9.57 Å². The number of hydrogen-bond donors (Lipinski definition) is 0. The van der Waals surface area contributed by atoms with E-state index in [9.17, 15) is 13.2 Å². The summed E-state index contributed by atoms with van der Waals surface area (Å²) in [5.41, 5.74) is 0.960. The van der Waals surface area contributed by atoms with E-state index < -0.39 is 24.6 Å². The third-order valence-electron chi connectivity index (χ3n) is 3.61. The highest BCUT2D eigenvalue weighted by molar-refractivity contribution is 5.63. The van der Waals surface area contributed by atoms with Crippen LogP contribution in [0.5, 0.6) is 0 Å². The third kappa shape index (κ3) is 2.38. The van der Waals surface area contributed by atoms with Gasteiger partial charge in [0.15, 0.2) is 6.29 Å². The minimum Gasteiger partial charge on any atom is -0.350 e. The second-order valence-corrected chi connectivity index (χ2v) is 5.27. The number of hydroxylamine groups is 1. The topological polar surface area (TPSA) is 21.7 Å². The molecule has 1 saturated heterocycles. The number of aryl methyl sites for hydroxylation is 1. The Kier molecular flexibility index (Phi) is 3.38. The van der Waals surface area contributed by atoms with Crippen molar-refractivity contribution in [1.82, 2.24) is 0 Å². The van der Waals surface area contributed by atoms with E-state index in [1.54, 1.807) is 6.92 Å². The first-order valence-corrected chi connectivity index (χ1v) is 6.73. The number of halogens is 3. The summed E-state index contributed by atoms with van der Waals surface area (Å²) in [6.07, 6.45) is 1.18. The zero-order valence-corrected chi connectivity index (χ0v) is 11.2. The second kappa shape index (κ2) is 4.93. The highest BCUT2D eigenvalue weighted by atomic mass is 19.3. The van der Waals surface area contributed by atoms with Crippen molar-refractivity contribution in [3.05, 3.63) is 29.1 Å². The molecule has 3 nitrogen and oxygen atoms in total. The van der Waals surface area contributed by atoms with E-state index in [1.807, 2.05) is 0 Å². The van der Waals surface area contributed by atoms with Gasteiger partial charge in [-0.25, -0.2) is 9.23 Å². The van der Waals surface area contributed by atoms with Gasteiger partial charge in [0.25, 0.3) is 0 Å². The van der Waals surface area contributed by atoms with Gasteiger partial charge < -0.3 is 4.74 Å². The lowest BCUT2D eigenvalue weighted by atomic mass is 10.1. The predicted octanol–water partition coefficient (Wildman–Crippen LogP) is 3.55. The number of ether oxygens (including phenoxy) is 1. The van der Waals surface area contributed by atoms with Crippen LogP contribution in [-0.4, -0.2) is 18.9 Å². The Labute approximate surface area is 115 Å². The zero-order valence-electron chi connectivity index (χ0n) is 11.2. The summed E-state index contributed by atoms with van der Waals surface area (Å²) in [7, 11) is 0. The number of alkyl halides is 2. The summed E-state index contributed by atoms with van der Waals surface area (Å²) in [4.78, 5) is 5.35. The summed E-state index contributed by atoms with van der Waals surface area (Å²) in [5.74, 6) is -0.507. The fraction of sp³-hybridized carbons (Fsp3) is 0.571. The zero-order chi connectivity index (χ0) is 14.3. The first kappa shape index (κ1) is 13.7. The van der Waals surface area contributed by atoms with E-state index in [1.165, 1.54) is 6.07 Å². The lowest BCUT2D eigenvalue weighted by Gasteiger charge is -2.32. The van der Waals surface area contributed by atoms with Crippen molar-refractivity contribution in [3.8, 4) is 0 Å². The molecule has 0 spiro atoms. The van der Waals surface area contributed by atoms with Crippen LogP contribution >= 0.6 is 0 Å². The molecule has 1 unspecified atom stereocenters. The van der Waals surface area contributed by atoms with E-state index >= 15 is 0 Å². The first-order valence-electron chi connectivity index (χ1n) is 6.73. The Morgan fingerprint density at radius 1 is 1.35 bits per heavy atom. The van der Waals surface area contributed by atoms with Gasteiger partial charge in [-0.2, -0.15) is 13.8 Å². The Hall–Kier alpha value is -1.27. The lowest BCUT2D eigenvalue weighted by molar-refractivity contribution is -0.211.